The highest BCUT2D eigenvalue weighted by molar-refractivity contribution is 7.18. The van der Waals surface area contributed by atoms with Crippen LogP contribution in [0.4, 0.5) is 0 Å². The molecule has 0 aliphatic heterocycles. The van der Waals surface area contributed by atoms with Gasteiger partial charge in [0.15, 0.2) is 0 Å². The molecule has 0 spiro atoms. The van der Waals surface area contributed by atoms with E-state index < -0.39 is 0 Å². The summed E-state index contributed by atoms with van der Waals surface area (Å²) in [5.41, 5.74) is 2.17. The van der Waals surface area contributed by atoms with Crippen molar-refractivity contribution in [2.75, 3.05) is 7.05 Å². The van der Waals surface area contributed by atoms with Crippen molar-refractivity contribution in [3.63, 3.8) is 0 Å². The first-order valence-electron chi connectivity index (χ1n) is 9.28. The molecule has 0 atom stereocenters. The predicted octanol–water partition coefficient (Wildman–Crippen LogP) is 2.85. The summed E-state index contributed by atoms with van der Waals surface area (Å²) < 4.78 is 0. The Morgan fingerprint density at radius 2 is 2.04 bits per heavy atom. The summed E-state index contributed by atoms with van der Waals surface area (Å²) in [5.74, 6) is 0.622. The molecule has 0 saturated heterocycles. The molecule has 0 aromatic carbocycles. The fourth-order valence-corrected chi connectivity index (χ4v) is 4.87. The van der Waals surface area contributed by atoms with Crippen molar-refractivity contribution in [3.05, 3.63) is 56.7 Å². The summed E-state index contributed by atoms with van der Waals surface area (Å²) in [6.07, 6.45) is 8.53. The lowest BCUT2D eigenvalue weighted by atomic mass is 9.97. The average molecular weight is 382 g/mol. The molecule has 0 radical (unpaired) electrons. The van der Waals surface area contributed by atoms with E-state index in [1.165, 1.54) is 16.9 Å². The highest BCUT2D eigenvalue weighted by Gasteiger charge is 2.20. The number of aromatic amines is 1. The molecule has 1 aliphatic rings. The second-order valence-corrected chi connectivity index (χ2v) is 8.09. The third kappa shape index (κ3) is 3.78. The third-order valence-corrected chi connectivity index (χ3v) is 6.23. The van der Waals surface area contributed by atoms with Gasteiger partial charge in [0.2, 0.25) is 5.91 Å². The van der Waals surface area contributed by atoms with Crippen molar-refractivity contribution in [2.24, 2.45) is 0 Å². The third-order valence-electron chi connectivity index (χ3n) is 5.04. The number of hydrogen-bond acceptors (Lipinski definition) is 5. The molecule has 0 saturated carbocycles. The zero-order valence-corrected chi connectivity index (χ0v) is 16.1. The summed E-state index contributed by atoms with van der Waals surface area (Å²) in [4.78, 5) is 40.3. The number of aryl methyl sites for hydroxylation is 3. The molecule has 3 aromatic rings. The van der Waals surface area contributed by atoms with Gasteiger partial charge in [-0.25, -0.2) is 4.98 Å². The summed E-state index contributed by atoms with van der Waals surface area (Å²) in [6, 6.07) is 3.80. The van der Waals surface area contributed by atoms with Crippen LogP contribution in [0.2, 0.25) is 0 Å². The van der Waals surface area contributed by atoms with Gasteiger partial charge in [0, 0.05) is 43.7 Å². The van der Waals surface area contributed by atoms with Crippen LogP contribution in [0.1, 0.15) is 41.1 Å². The van der Waals surface area contributed by atoms with Crippen LogP contribution in [0, 0.1) is 0 Å². The van der Waals surface area contributed by atoms with E-state index in [-0.39, 0.29) is 11.5 Å². The minimum atomic E-state index is -0.0630. The summed E-state index contributed by atoms with van der Waals surface area (Å²) in [6.45, 7) is 0.544. The molecule has 4 rings (SSSR count). The Morgan fingerprint density at radius 3 is 2.85 bits per heavy atom. The maximum atomic E-state index is 12.6. The molecule has 0 unspecified atom stereocenters. The summed E-state index contributed by atoms with van der Waals surface area (Å²) >= 11 is 1.64. The van der Waals surface area contributed by atoms with Gasteiger partial charge in [0.25, 0.3) is 5.56 Å². The van der Waals surface area contributed by atoms with Crippen LogP contribution in [0.5, 0.6) is 0 Å². The number of nitrogens with one attached hydrogen (secondary N) is 1. The molecule has 3 aromatic heterocycles. The smallest absolute Gasteiger partial charge is 0.259 e. The SMILES string of the molecule is CN(Cc1ccncc1)C(=O)CCc1nc2sc3c(c2c(=O)[nH]1)CCCC3. The number of pyridine rings is 1. The van der Waals surface area contributed by atoms with Crippen LogP contribution in [0.15, 0.2) is 29.3 Å². The van der Waals surface area contributed by atoms with Crippen LogP contribution in [-0.2, 0) is 30.6 Å². The van der Waals surface area contributed by atoms with Gasteiger partial charge in [-0.15, -0.1) is 11.3 Å². The van der Waals surface area contributed by atoms with Gasteiger partial charge < -0.3 is 9.88 Å². The van der Waals surface area contributed by atoms with Crippen LogP contribution < -0.4 is 5.56 Å². The van der Waals surface area contributed by atoms with E-state index in [0.717, 1.165) is 35.0 Å². The van der Waals surface area contributed by atoms with E-state index in [2.05, 4.69) is 15.0 Å². The lowest BCUT2D eigenvalue weighted by Gasteiger charge is -2.17. The van der Waals surface area contributed by atoms with Crippen molar-refractivity contribution in [3.8, 4) is 0 Å². The average Bonchev–Trinajstić information content (AvgIpc) is 3.05. The molecule has 0 fully saturated rings. The first-order valence-corrected chi connectivity index (χ1v) is 10.1. The molecule has 7 heteroatoms. The lowest BCUT2D eigenvalue weighted by molar-refractivity contribution is -0.130. The van der Waals surface area contributed by atoms with Gasteiger partial charge in [0.05, 0.1) is 5.39 Å². The Morgan fingerprint density at radius 1 is 1.26 bits per heavy atom. The van der Waals surface area contributed by atoms with Gasteiger partial charge in [0.1, 0.15) is 10.7 Å². The van der Waals surface area contributed by atoms with E-state index in [1.807, 2.05) is 12.1 Å². The lowest BCUT2D eigenvalue weighted by Crippen LogP contribution is -2.26. The van der Waals surface area contributed by atoms with Crippen LogP contribution in [-0.4, -0.2) is 32.8 Å². The monoisotopic (exact) mass is 382 g/mol. The number of rotatable bonds is 5. The largest absolute Gasteiger partial charge is 0.341 e. The minimum absolute atomic E-state index is 0.0278. The first-order chi connectivity index (χ1) is 13.1. The Hall–Kier alpha value is -2.54. The van der Waals surface area contributed by atoms with E-state index in [4.69, 9.17) is 0 Å². The Kier molecular flexibility index (Phi) is 5.03. The van der Waals surface area contributed by atoms with Gasteiger partial charge in [-0.3, -0.25) is 14.6 Å². The van der Waals surface area contributed by atoms with Crippen LogP contribution in [0.3, 0.4) is 0 Å². The number of hydrogen-bond donors (Lipinski definition) is 1. The van der Waals surface area contributed by atoms with E-state index in [1.54, 1.807) is 35.7 Å². The Bertz CT molecular complexity index is 1030. The molecule has 1 aliphatic carbocycles. The molecule has 3 heterocycles. The number of aromatic nitrogens is 3. The normalized spacial score (nSPS) is 13.5. The van der Waals surface area contributed by atoms with Gasteiger partial charge in [-0.1, -0.05) is 0 Å². The zero-order valence-electron chi connectivity index (χ0n) is 15.3. The second kappa shape index (κ2) is 7.60. The highest BCUT2D eigenvalue weighted by Crippen LogP contribution is 2.33. The fraction of sp³-hybridized carbons (Fsp3) is 0.400. The standard InChI is InChI=1S/C20H22N4O2S/c1-24(12-13-8-10-21-11-9-13)17(25)7-6-16-22-19(26)18-14-4-2-3-5-15(14)27-20(18)23-16/h8-11H,2-7,12H2,1H3,(H,22,23,26). The summed E-state index contributed by atoms with van der Waals surface area (Å²) in [7, 11) is 1.79. The second-order valence-electron chi connectivity index (χ2n) is 7.01. The van der Waals surface area contributed by atoms with Crippen molar-refractivity contribution < 1.29 is 4.79 Å². The first kappa shape index (κ1) is 17.9. The predicted molar refractivity (Wildman–Crippen MR) is 106 cm³/mol. The fourth-order valence-electron chi connectivity index (χ4n) is 3.59. The summed E-state index contributed by atoms with van der Waals surface area (Å²) in [5, 5.41) is 0.764. The molecule has 1 amide bonds. The zero-order chi connectivity index (χ0) is 18.8. The van der Waals surface area contributed by atoms with Crippen LogP contribution in [0.25, 0.3) is 10.2 Å². The van der Waals surface area contributed by atoms with E-state index in [0.29, 0.717) is 25.2 Å². The highest BCUT2D eigenvalue weighted by atomic mass is 32.1. The number of carbonyl (C=O) groups excluding carboxylic acids is 1. The number of amides is 1. The number of thiophene rings is 1. The van der Waals surface area contributed by atoms with Crippen molar-refractivity contribution >= 4 is 27.5 Å². The maximum absolute atomic E-state index is 12.6. The van der Waals surface area contributed by atoms with Crippen molar-refractivity contribution in [1.82, 2.24) is 19.9 Å². The van der Waals surface area contributed by atoms with Gasteiger partial charge in [-0.05, 0) is 48.9 Å². The van der Waals surface area contributed by atoms with Gasteiger partial charge in [-0.2, -0.15) is 0 Å². The minimum Gasteiger partial charge on any atom is -0.341 e. The Labute approximate surface area is 161 Å². The Balaban J connectivity index is 1.46. The molecule has 1 N–H and O–H groups in total. The number of H-pyrrole nitrogens is 1. The van der Waals surface area contributed by atoms with E-state index >= 15 is 0 Å². The number of fused-ring (bicyclic) bond motifs is 3. The topological polar surface area (TPSA) is 79.0 Å². The molecule has 140 valence electrons. The molecular weight excluding hydrogens is 360 g/mol. The molecule has 0 bridgehead atoms. The molecular formula is C20H22N4O2S. The van der Waals surface area contributed by atoms with Crippen LogP contribution >= 0.6 is 11.3 Å². The molecule has 27 heavy (non-hydrogen) atoms. The van der Waals surface area contributed by atoms with Crippen molar-refractivity contribution in [1.29, 1.82) is 0 Å². The number of carbonyl (C=O) groups is 1. The maximum Gasteiger partial charge on any atom is 0.259 e. The van der Waals surface area contributed by atoms with Crippen molar-refractivity contribution in [2.45, 2.75) is 45.1 Å². The van der Waals surface area contributed by atoms with E-state index in [9.17, 15) is 9.59 Å². The number of nitrogens with zero attached hydrogens (tertiary/aromatic N) is 3. The van der Waals surface area contributed by atoms with Gasteiger partial charge >= 0.3 is 0 Å². The molecule has 6 nitrogen and oxygen atoms in total. The quantitative estimate of drug-likeness (QED) is 0.736.